The molecule has 0 saturated heterocycles. The summed E-state index contributed by atoms with van der Waals surface area (Å²) < 4.78 is 1.29. The Morgan fingerprint density at radius 1 is 1.19 bits per heavy atom. The molecule has 0 saturated carbocycles. The van der Waals surface area contributed by atoms with Crippen molar-refractivity contribution < 1.29 is 4.79 Å². The van der Waals surface area contributed by atoms with E-state index in [-0.39, 0.29) is 11.3 Å². The second-order valence-corrected chi connectivity index (χ2v) is 6.61. The normalized spacial score (nSPS) is 10.9. The summed E-state index contributed by atoms with van der Waals surface area (Å²) in [6.45, 7) is 2.19. The van der Waals surface area contributed by atoms with Gasteiger partial charge in [-0.05, 0) is 25.1 Å². The Hall–Kier alpha value is -3.39. The molecule has 134 valence electrons. The highest BCUT2D eigenvalue weighted by Gasteiger charge is 2.17. The summed E-state index contributed by atoms with van der Waals surface area (Å²) in [6, 6.07) is 10.7. The molecule has 0 bridgehead atoms. The van der Waals surface area contributed by atoms with Crippen LogP contribution < -0.4 is 10.9 Å². The van der Waals surface area contributed by atoms with E-state index in [9.17, 15) is 9.59 Å². The number of hydrogen-bond donors (Lipinski definition) is 1. The van der Waals surface area contributed by atoms with Gasteiger partial charge in [0.1, 0.15) is 0 Å². The van der Waals surface area contributed by atoms with Crippen molar-refractivity contribution in [2.24, 2.45) is 0 Å². The van der Waals surface area contributed by atoms with Crippen LogP contribution in [-0.2, 0) is 6.54 Å². The van der Waals surface area contributed by atoms with Gasteiger partial charge in [0.25, 0.3) is 11.5 Å². The quantitative estimate of drug-likeness (QED) is 0.590. The monoisotopic (exact) mass is 377 g/mol. The lowest BCUT2D eigenvalue weighted by atomic mass is 10.1. The number of pyridine rings is 1. The Bertz CT molecular complexity index is 1180. The topological polar surface area (TPSA) is 89.8 Å². The molecule has 4 rings (SSSR count). The number of carbonyl (C=O) groups is 1. The number of nitrogens with zero attached hydrogens (tertiary/aromatic N) is 4. The summed E-state index contributed by atoms with van der Waals surface area (Å²) in [5.41, 5.74) is 1.60. The van der Waals surface area contributed by atoms with Gasteiger partial charge in [0.15, 0.2) is 10.8 Å². The van der Waals surface area contributed by atoms with Gasteiger partial charge in [0.05, 0.1) is 11.1 Å². The highest BCUT2D eigenvalue weighted by molar-refractivity contribution is 7.14. The molecule has 0 aliphatic carbocycles. The van der Waals surface area contributed by atoms with Crippen LogP contribution in [0.3, 0.4) is 0 Å². The number of carbonyl (C=O) groups excluding carboxylic acids is 1. The third-order valence-corrected chi connectivity index (χ3v) is 4.82. The molecule has 27 heavy (non-hydrogen) atoms. The summed E-state index contributed by atoms with van der Waals surface area (Å²) in [7, 11) is 0. The van der Waals surface area contributed by atoms with Gasteiger partial charge in [-0.3, -0.25) is 19.9 Å². The first-order valence-corrected chi connectivity index (χ1v) is 9.22. The van der Waals surface area contributed by atoms with E-state index in [1.807, 2.05) is 24.4 Å². The fourth-order valence-electron chi connectivity index (χ4n) is 2.75. The number of nitrogens with one attached hydrogen (secondary N) is 1. The van der Waals surface area contributed by atoms with Gasteiger partial charge < -0.3 is 0 Å². The van der Waals surface area contributed by atoms with Crippen molar-refractivity contribution in [2.45, 2.75) is 13.5 Å². The standard InChI is InChI=1S/C19H15N5O2S/c1-2-24-18(26)14-8-4-3-7-13(14)16(23-24)17(25)22-19-21-15(11-27-19)12-6-5-9-20-10-12/h3-11H,2H2,1H3,(H,21,22,25). The van der Waals surface area contributed by atoms with Crippen LogP contribution in [-0.4, -0.2) is 25.7 Å². The van der Waals surface area contributed by atoms with Crippen LogP contribution in [0.2, 0.25) is 0 Å². The minimum atomic E-state index is -0.402. The average molecular weight is 377 g/mol. The highest BCUT2D eigenvalue weighted by atomic mass is 32.1. The first kappa shape index (κ1) is 17.0. The number of aryl methyl sites for hydroxylation is 1. The van der Waals surface area contributed by atoms with Crippen LogP contribution in [0.4, 0.5) is 5.13 Å². The first-order chi connectivity index (χ1) is 13.2. The van der Waals surface area contributed by atoms with Crippen LogP contribution in [0.25, 0.3) is 22.0 Å². The molecule has 0 aliphatic rings. The Morgan fingerprint density at radius 2 is 2.00 bits per heavy atom. The molecule has 1 N–H and O–H groups in total. The maximum absolute atomic E-state index is 12.8. The van der Waals surface area contributed by atoms with Crippen LogP contribution in [0.1, 0.15) is 17.4 Å². The predicted octanol–water partition coefficient (Wildman–Crippen LogP) is 3.19. The van der Waals surface area contributed by atoms with Crippen molar-refractivity contribution in [1.82, 2.24) is 19.7 Å². The first-order valence-electron chi connectivity index (χ1n) is 8.34. The number of rotatable bonds is 4. The fourth-order valence-corrected chi connectivity index (χ4v) is 3.47. The maximum atomic E-state index is 12.8. The molecule has 3 heterocycles. The van der Waals surface area contributed by atoms with E-state index in [0.717, 1.165) is 11.3 Å². The number of hydrogen-bond acceptors (Lipinski definition) is 6. The Morgan fingerprint density at radius 3 is 2.74 bits per heavy atom. The summed E-state index contributed by atoms with van der Waals surface area (Å²) in [6.07, 6.45) is 3.41. The van der Waals surface area contributed by atoms with Crippen LogP contribution in [0, 0.1) is 0 Å². The third kappa shape index (κ3) is 3.22. The van der Waals surface area contributed by atoms with Gasteiger partial charge in [-0.15, -0.1) is 11.3 Å². The number of fused-ring (bicyclic) bond motifs is 1. The number of amides is 1. The van der Waals surface area contributed by atoms with E-state index in [1.54, 1.807) is 36.7 Å². The van der Waals surface area contributed by atoms with Crippen molar-refractivity contribution in [3.05, 3.63) is 70.2 Å². The molecule has 0 aliphatic heterocycles. The Balaban J connectivity index is 1.69. The van der Waals surface area contributed by atoms with E-state index in [0.29, 0.717) is 22.4 Å². The minimum Gasteiger partial charge on any atom is -0.296 e. The molecule has 0 radical (unpaired) electrons. The molecule has 4 aromatic rings. The summed E-state index contributed by atoms with van der Waals surface area (Å²) in [5.74, 6) is -0.402. The second kappa shape index (κ2) is 7.08. The van der Waals surface area contributed by atoms with Crippen LogP contribution in [0.15, 0.2) is 59.0 Å². The summed E-state index contributed by atoms with van der Waals surface area (Å²) in [5, 5.41) is 10.3. The van der Waals surface area contributed by atoms with Gasteiger partial charge in [-0.25, -0.2) is 9.67 Å². The molecule has 7 nitrogen and oxygen atoms in total. The molecule has 3 aromatic heterocycles. The molecule has 0 fully saturated rings. The summed E-state index contributed by atoms with van der Waals surface area (Å²) >= 11 is 1.32. The zero-order valence-corrected chi connectivity index (χ0v) is 15.2. The van der Waals surface area contributed by atoms with E-state index < -0.39 is 5.91 Å². The lowest BCUT2D eigenvalue weighted by Gasteiger charge is -2.09. The lowest BCUT2D eigenvalue weighted by molar-refractivity contribution is 0.102. The van der Waals surface area contributed by atoms with Crippen molar-refractivity contribution in [3.63, 3.8) is 0 Å². The zero-order chi connectivity index (χ0) is 18.8. The van der Waals surface area contributed by atoms with Crippen molar-refractivity contribution in [3.8, 4) is 11.3 Å². The fraction of sp³-hybridized carbons (Fsp3) is 0.105. The Labute approximate surface area is 158 Å². The van der Waals surface area contributed by atoms with Gasteiger partial charge in [-0.1, -0.05) is 18.2 Å². The molecule has 1 amide bonds. The molecule has 1 aromatic carbocycles. The molecule has 8 heteroatoms. The molecular formula is C19H15N5O2S. The largest absolute Gasteiger partial charge is 0.296 e. The number of benzene rings is 1. The highest BCUT2D eigenvalue weighted by Crippen LogP contribution is 2.25. The van der Waals surface area contributed by atoms with E-state index in [4.69, 9.17) is 0 Å². The van der Waals surface area contributed by atoms with Gasteiger partial charge in [0, 0.05) is 35.3 Å². The zero-order valence-electron chi connectivity index (χ0n) is 14.4. The SMILES string of the molecule is CCn1nc(C(=O)Nc2nc(-c3cccnc3)cs2)c2ccccc2c1=O. The number of anilines is 1. The predicted molar refractivity (Wildman–Crippen MR) is 105 cm³/mol. The maximum Gasteiger partial charge on any atom is 0.278 e. The van der Waals surface area contributed by atoms with Gasteiger partial charge in [0.2, 0.25) is 0 Å². The van der Waals surface area contributed by atoms with Crippen molar-refractivity contribution >= 4 is 33.1 Å². The number of thiazole rings is 1. The summed E-state index contributed by atoms with van der Waals surface area (Å²) in [4.78, 5) is 33.7. The average Bonchev–Trinajstić information content (AvgIpc) is 3.17. The second-order valence-electron chi connectivity index (χ2n) is 5.75. The Kier molecular flexibility index (Phi) is 4.47. The van der Waals surface area contributed by atoms with Gasteiger partial charge >= 0.3 is 0 Å². The molecule has 0 atom stereocenters. The van der Waals surface area contributed by atoms with Crippen LogP contribution in [0.5, 0.6) is 0 Å². The number of aromatic nitrogens is 4. The van der Waals surface area contributed by atoms with Crippen LogP contribution >= 0.6 is 11.3 Å². The lowest BCUT2D eigenvalue weighted by Crippen LogP contribution is -2.27. The van der Waals surface area contributed by atoms with Gasteiger partial charge in [-0.2, -0.15) is 5.10 Å². The van der Waals surface area contributed by atoms with E-state index in [1.165, 1.54) is 16.0 Å². The van der Waals surface area contributed by atoms with E-state index in [2.05, 4.69) is 20.4 Å². The smallest absolute Gasteiger partial charge is 0.278 e. The minimum absolute atomic E-state index is 0.199. The molecule has 0 spiro atoms. The molecular weight excluding hydrogens is 362 g/mol. The van der Waals surface area contributed by atoms with E-state index >= 15 is 0 Å². The van der Waals surface area contributed by atoms with Crippen molar-refractivity contribution in [2.75, 3.05) is 5.32 Å². The van der Waals surface area contributed by atoms with Crippen molar-refractivity contribution in [1.29, 1.82) is 0 Å². The third-order valence-electron chi connectivity index (χ3n) is 4.06. The molecule has 0 unspecified atom stereocenters.